The van der Waals surface area contributed by atoms with Crippen LogP contribution in [0.25, 0.3) is 0 Å². The maximum atomic E-state index is 12.4. The fourth-order valence-corrected chi connectivity index (χ4v) is 2.26. The number of amides is 3. The van der Waals surface area contributed by atoms with Gasteiger partial charge in [0.2, 0.25) is 11.8 Å². The monoisotopic (exact) mass is 271 g/mol. The average molecular weight is 271 g/mol. The standard InChI is InChI=1S/C12H21N3O4/c1-12(2,3)8(14-11(18)19)10(17)15-6-4-5-7(15)9(13)16/h7-8,14H,4-6H2,1-3H3,(H2,13,16)(H,18,19)/t7-,8+/m0/s1. The van der Waals surface area contributed by atoms with Gasteiger partial charge in [-0.3, -0.25) is 9.59 Å². The Balaban J connectivity index is 2.93. The Morgan fingerprint density at radius 2 is 1.95 bits per heavy atom. The summed E-state index contributed by atoms with van der Waals surface area (Å²) in [6.45, 7) is 5.73. The molecule has 0 spiro atoms. The molecule has 0 aliphatic carbocycles. The summed E-state index contributed by atoms with van der Waals surface area (Å²) in [5, 5.41) is 11.1. The molecule has 1 heterocycles. The maximum absolute atomic E-state index is 12.4. The summed E-state index contributed by atoms with van der Waals surface area (Å²) in [5.41, 5.74) is 4.68. The molecule has 0 aromatic carbocycles. The molecule has 19 heavy (non-hydrogen) atoms. The zero-order valence-electron chi connectivity index (χ0n) is 11.5. The number of carboxylic acid groups (broad SMARTS) is 1. The highest BCUT2D eigenvalue weighted by molar-refractivity contribution is 5.91. The normalized spacial score (nSPS) is 21.0. The van der Waals surface area contributed by atoms with Gasteiger partial charge in [0.25, 0.3) is 0 Å². The van der Waals surface area contributed by atoms with E-state index in [0.717, 1.165) is 0 Å². The minimum Gasteiger partial charge on any atom is -0.465 e. The van der Waals surface area contributed by atoms with Crippen LogP contribution in [-0.2, 0) is 9.59 Å². The summed E-state index contributed by atoms with van der Waals surface area (Å²) >= 11 is 0. The molecule has 1 saturated heterocycles. The number of carbonyl (C=O) groups excluding carboxylic acids is 2. The minimum atomic E-state index is -1.26. The molecule has 1 aliphatic rings. The van der Waals surface area contributed by atoms with Crippen LogP contribution in [-0.4, -0.2) is 46.5 Å². The fraction of sp³-hybridized carbons (Fsp3) is 0.750. The molecule has 1 aliphatic heterocycles. The van der Waals surface area contributed by atoms with Crippen LogP contribution in [0, 0.1) is 5.41 Å². The highest BCUT2D eigenvalue weighted by Gasteiger charge is 2.41. The van der Waals surface area contributed by atoms with Gasteiger partial charge < -0.3 is 21.1 Å². The number of hydrogen-bond acceptors (Lipinski definition) is 3. The van der Waals surface area contributed by atoms with Crippen LogP contribution in [0.3, 0.4) is 0 Å². The van der Waals surface area contributed by atoms with E-state index < -0.39 is 35.4 Å². The summed E-state index contributed by atoms with van der Waals surface area (Å²) in [6.07, 6.45) is -0.0306. The van der Waals surface area contributed by atoms with E-state index in [1.54, 1.807) is 20.8 Å². The second kappa shape index (κ2) is 5.46. The number of primary amides is 1. The Morgan fingerprint density at radius 1 is 1.37 bits per heavy atom. The molecule has 108 valence electrons. The van der Waals surface area contributed by atoms with Crippen molar-refractivity contribution in [3.05, 3.63) is 0 Å². The number of nitrogens with two attached hydrogens (primary N) is 1. The van der Waals surface area contributed by atoms with E-state index in [-0.39, 0.29) is 0 Å². The highest BCUT2D eigenvalue weighted by atomic mass is 16.4. The lowest BCUT2D eigenvalue weighted by molar-refractivity contribution is -0.141. The van der Waals surface area contributed by atoms with E-state index in [0.29, 0.717) is 19.4 Å². The molecule has 3 amide bonds. The predicted molar refractivity (Wildman–Crippen MR) is 68.3 cm³/mol. The molecule has 0 bridgehead atoms. The van der Waals surface area contributed by atoms with E-state index in [4.69, 9.17) is 10.8 Å². The van der Waals surface area contributed by atoms with Crippen molar-refractivity contribution in [3.8, 4) is 0 Å². The Kier molecular flexibility index (Phi) is 4.39. The van der Waals surface area contributed by atoms with Crippen LogP contribution in [0.5, 0.6) is 0 Å². The van der Waals surface area contributed by atoms with E-state index >= 15 is 0 Å². The number of carbonyl (C=O) groups is 3. The van der Waals surface area contributed by atoms with Crippen LogP contribution < -0.4 is 11.1 Å². The van der Waals surface area contributed by atoms with E-state index in [1.165, 1.54) is 4.90 Å². The summed E-state index contributed by atoms with van der Waals surface area (Å²) in [5.74, 6) is -0.940. The quantitative estimate of drug-likeness (QED) is 0.677. The highest BCUT2D eigenvalue weighted by Crippen LogP contribution is 2.25. The first-order valence-electron chi connectivity index (χ1n) is 6.24. The van der Waals surface area contributed by atoms with Crippen molar-refractivity contribution in [2.45, 2.75) is 45.7 Å². The third kappa shape index (κ3) is 3.59. The van der Waals surface area contributed by atoms with Gasteiger partial charge in [0.1, 0.15) is 12.1 Å². The smallest absolute Gasteiger partial charge is 0.405 e. The maximum Gasteiger partial charge on any atom is 0.405 e. The summed E-state index contributed by atoms with van der Waals surface area (Å²) < 4.78 is 0. The second-order valence-corrected chi connectivity index (χ2v) is 5.84. The van der Waals surface area contributed by atoms with Crippen molar-refractivity contribution in [2.75, 3.05) is 6.54 Å². The Morgan fingerprint density at radius 3 is 2.37 bits per heavy atom. The predicted octanol–water partition coefficient (Wildman–Crippen LogP) is 0.145. The van der Waals surface area contributed by atoms with Crippen LogP contribution in [0.2, 0.25) is 0 Å². The molecule has 0 saturated carbocycles. The third-order valence-corrected chi connectivity index (χ3v) is 3.25. The van der Waals surface area contributed by atoms with Crippen molar-refractivity contribution >= 4 is 17.9 Å². The molecule has 4 N–H and O–H groups in total. The van der Waals surface area contributed by atoms with Crippen molar-refractivity contribution in [1.29, 1.82) is 0 Å². The van der Waals surface area contributed by atoms with E-state index in [1.807, 2.05) is 0 Å². The molecule has 2 atom stereocenters. The van der Waals surface area contributed by atoms with Gasteiger partial charge in [-0.15, -0.1) is 0 Å². The summed E-state index contributed by atoms with van der Waals surface area (Å²) in [6, 6.07) is -1.53. The van der Waals surface area contributed by atoms with Gasteiger partial charge in [-0.2, -0.15) is 0 Å². The summed E-state index contributed by atoms with van der Waals surface area (Å²) in [4.78, 5) is 35.9. The van der Waals surface area contributed by atoms with Crippen LogP contribution in [0.15, 0.2) is 0 Å². The number of hydrogen-bond donors (Lipinski definition) is 3. The largest absolute Gasteiger partial charge is 0.465 e. The number of likely N-dealkylation sites (tertiary alicyclic amines) is 1. The van der Waals surface area contributed by atoms with Crippen molar-refractivity contribution < 1.29 is 19.5 Å². The zero-order chi connectivity index (χ0) is 14.8. The lowest BCUT2D eigenvalue weighted by atomic mass is 9.85. The topological polar surface area (TPSA) is 113 Å². The Hall–Kier alpha value is -1.79. The minimum absolute atomic E-state index is 0.392. The van der Waals surface area contributed by atoms with Gasteiger partial charge in [0.15, 0.2) is 0 Å². The molecule has 7 heteroatoms. The molecule has 7 nitrogen and oxygen atoms in total. The molecule has 0 aromatic rings. The van der Waals surface area contributed by atoms with E-state index in [9.17, 15) is 14.4 Å². The first kappa shape index (κ1) is 15.3. The molecular weight excluding hydrogens is 250 g/mol. The summed E-state index contributed by atoms with van der Waals surface area (Å²) in [7, 11) is 0. The Bertz CT molecular complexity index is 389. The fourth-order valence-electron chi connectivity index (χ4n) is 2.26. The van der Waals surface area contributed by atoms with Crippen molar-refractivity contribution in [2.24, 2.45) is 11.1 Å². The van der Waals surface area contributed by atoms with Crippen LogP contribution in [0.1, 0.15) is 33.6 Å². The third-order valence-electron chi connectivity index (χ3n) is 3.25. The number of nitrogens with zero attached hydrogens (tertiary/aromatic N) is 1. The SMILES string of the molecule is CC(C)(C)[C@H](NC(=O)O)C(=O)N1CCC[C@H]1C(N)=O. The van der Waals surface area contributed by atoms with Gasteiger partial charge in [0.05, 0.1) is 0 Å². The van der Waals surface area contributed by atoms with E-state index in [2.05, 4.69) is 5.32 Å². The van der Waals surface area contributed by atoms with Crippen LogP contribution >= 0.6 is 0 Å². The van der Waals surface area contributed by atoms with Gasteiger partial charge in [0, 0.05) is 6.54 Å². The molecule has 0 aromatic heterocycles. The molecule has 0 unspecified atom stereocenters. The van der Waals surface area contributed by atoms with Gasteiger partial charge >= 0.3 is 6.09 Å². The lowest BCUT2D eigenvalue weighted by Gasteiger charge is -2.34. The van der Waals surface area contributed by atoms with Gasteiger partial charge in [-0.1, -0.05) is 20.8 Å². The molecule has 0 radical (unpaired) electrons. The van der Waals surface area contributed by atoms with Crippen LogP contribution in [0.4, 0.5) is 4.79 Å². The first-order chi connectivity index (χ1) is 8.64. The first-order valence-corrected chi connectivity index (χ1v) is 6.24. The Labute approximate surface area is 112 Å². The van der Waals surface area contributed by atoms with Crippen molar-refractivity contribution in [3.63, 3.8) is 0 Å². The average Bonchev–Trinajstić information content (AvgIpc) is 2.71. The number of rotatable bonds is 3. The lowest BCUT2D eigenvalue weighted by Crippen LogP contribution is -2.57. The van der Waals surface area contributed by atoms with Gasteiger partial charge in [-0.25, -0.2) is 4.79 Å². The van der Waals surface area contributed by atoms with Crippen molar-refractivity contribution in [1.82, 2.24) is 10.2 Å². The zero-order valence-corrected chi connectivity index (χ0v) is 11.5. The second-order valence-electron chi connectivity index (χ2n) is 5.84. The molecule has 1 rings (SSSR count). The number of nitrogens with one attached hydrogen (secondary N) is 1. The van der Waals surface area contributed by atoms with Gasteiger partial charge in [-0.05, 0) is 18.3 Å². The molecular formula is C12H21N3O4. The molecule has 1 fully saturated rings.